The van der Waals surface area contributed by atoms with Gasteiger partial charge in [-0.15, -0.1) is 0 Å². The highest BCUT2D eigenvalue weighted by Gasteiger charge is 2.12. The highest BCUT2D eigenvalue weighted by atomic mass is 32.1. The fourth-order valence-electron chi connectivity index (χ4n) is 2.11. The van der Waals surface area contributed by atoms with Crippen LogP contribution in [0.4, 0.5) is 0 Å². The van der Waals surface area contributed by atoms with E-state index in [1.807, 2.05) is 11.3 Å². The summed E-state index contributed by atoms with van der Waals surface area (Å²) in [5.41, 5.74) is 1.29. The van der Waals surface area contributed by atoms with Crippen LogP contribution in [-0.2, 0) is 4.74 Å². The minimum atomic E-state index is 0.836. The summed E-state index contributed by atoms with van der Waals surface area (Å²) in [6.07, 6.45) is 0. The van der Waals surface area contributed by atoms with Crippen molar-refractivity contribution in [3.8, 4) is 10.4 Å². The summed E-state index contributed by atoms with van der Waals surface area (Å²) in [5.74, 6) is 0. The number of rotatable bonds is 1. The molecule has 0 amide bonds. The van der Waals surface area contributed by atoms with Gasteiger partial charge in [-0.2, -0.15) is 0 Å². The van der Waals surface area contributed by atoms with Crippen LogP contribution >= 0.6 is 11.3 Å². The second-order valence-corrected chi connectivity index (χ2v) is 5.36. The quantitative estimate of drug-likeness (QED) is 0.714. The standard InChI is InChI=1S/C15H16NOS/c1-2-5-13(6-3-1)14-7-4-8-15(18-14)16-9-11-17-12-10-16/h1-8H,9-12H2/q+1. The van der Waals surface area contributed by atoms with Crippen LogP contribution in [0.3, 0.4) is 0 Å². The lowest BCUT2D eigenvalue weighted by molar-refractivity contribution is 0.0971. The van der Waals surface area contributed by atoms with Crippen LogP contribution < -0.4 is 9.25 Å². The van der Waals surface area contributed by atoms with Gasteiger partial charge >= 0.3 is 0 Å². The topological polar surface area (TPSA) is 12.2 Å². The van der Waals surface area contributed by atoms with Gasteiger partial charge in [-0.3, -0.25) is 0 Å². The van der Waals surface area contributed by atoms with Gasteiger partial charge in [-0.05, 0) is 11.6 Å². The Balaban J connectivity index is 2.04. The van der Waals surface area contributed by atoms with E-state index in [0.717, 1.165) is 26.3 Å². The van der Waals surface area contributed by atoms with Gasteiger partial charge in [0.25, 0.3) is 4.67 Å². The van der Waals surface area contributed by atoms with Gasteiger partial charge in [0.15, 0.2) is 13.1 Å². The first kappa shape index (κ1) is 11.6. The molecule has 2 aromatic rings. The van der Waals surface area contributed by atoms with E-state index < -0.39 is 0 Å². The highest BCUT2D eigenvalue weighted by Crippen LogP contribution is 2.20. The summed E-state index contributed by atoms with van der Waals surface area (Å²) in [6.45, 7) is 3.66. The molecular weight excluding hydrogens is 242 g/mol. The molecule has 3 rings (SSSR count). The van der Waals surface area contributed by atoms with Crippen molar-refractivity contribution in [2.24, 2.45) is 0 Å². The van der Waals surface area contributed by atoms with Crippen LogP contribution in [0.25, 0.3) is 10.4 Å². The number of hydrogen-bond donors (Lipinski definition) is 0. The molecule has 0 radical (unpaired) electrons. The largest absolute Gasteiger partial charge is 0.368 e. The van der Waals surface area contributed by atoms with Gasteiger partial charge in [0, 0.05) is 10.9 Å². The summed E-state index contributed by atoms with van der Waals surface area (Å²) in [7, 11) is 0. The van der Waals surface area contributed by atoms with Crippen molar-refractivity contribution >= 4 is 11.3 Å². The third-order valence-corrected chi connectivity index (χ3v) is 4.28. The maximum atomic E-state index is 5.40. The molecule has 2 nitrogen and oxygen atoms in total. The molecule has 0 bridgehead atoms. The first-order valence-corrected chi connectivity index (χ1v) is 7.06. The summed E-state index contributed by atoms with van der Waals surface area (Å²) >= 11 is 1.85. The minimum Gasteiger partial charge on any atom is -0.368 e. The van der Waals surface area contributed by atoms with E-state index >= 15 is 0 Å². The molecule has 0 unspecified atom stereocenters. The van der Waals surface area contributed by atoms with Crippen molar-refractivity contribution in [1.29, 1.82) is 0 Å². The van der Waals surface area contributed by atoms with Gasteiger partial charge in [0.2, 0.25) is 0 Å². The second-order valence-electron chi connectivity index (χ2n) is 4.30. The average Bonchev–Trinajstić information content (AvgIpc) is 2.49. The minimum absolute atomic E-state index is 0.836. The Morgan fingerprint density at radius 1 is 0.889 bits per heavy atom. The first-order valence-electron chi connectivity index (χ1n) is 6.25. The number of benzene rings is 1. The van der Waals surface area contributed by atoms with Gasteiger partial charge < -0.3 is 4.74 Å². The van der Waals surface area contributed by atoms with Crippen LogP contribution in [0, 0.1) is 0 Å². The molecule has 1 aliphatic rings. The van der Waals surface area contributed by atoms with Crippen LogP contribution in [-0.4, -0.2) is 26.3 Å². The van der Waals surface area contributed by atoms with E-state index in [1.54, 1.807) is 0 Å². The SMILES string of the molecule is c1ccc(-c2cccc(=[N+]3CCOCC3)s2)cc1. The van der Waals surface area contributed by atoms with Crippen molar-refractivity contribution < 1.29 is 4.74 Å². The van der Waals surface area contributed by atoms with Crippen molar-refractivity contribution in [3.05, 3.63) is 53.2 Å². The molecule has 1 aromatic heterocycles. The van der Waals surface area contributed by atoms with E-state index in [1.165, 1.54) is 15.1 Å². The molecule has 0 saturated carbocycles. The number of morpholine rings is 1. The van der Waals surface area contributed by atoms with Gasteiger partial charge in [0.1, 0.15) is 13.2 Å². The van der Waals surface area contributed by atoms with Crippen molar-refractivity contribution in [3.63, 3.8) is 0 Å². The zero-order valence-corrected chi connectivity index (χ0v) is 11.0. The van der Waals surface area contributed by atoms with Gasteiger partial charge in [-0.25, -0.2) is 4.58 Å². The van der Waals surface area contributed by atoms with E-state index in [9.17, 15) is 0 Å². The van der Waals surface area contributed by atoms with E-state index in [0.29, 0.717) is 0 Å². The summed E-state index contributed by atoms with van der Waals surface area (Å²) in [4.78, 5) is 1.32. The molecule has 18 heavy (non-hydrogen) atoms. The average molecular weight is 258 g/mol. The normalized spacial score (nSPS) is 15.7. The molecule has 92 valence electrons. The zero-order chi connectivity index (χ0) is 12.2. The molecule has 0 aliphatic carbocycles. The molecule has 0 N–H and O–H groups in total. The van der Waals surface area contributed by atoms with E-state index in [-0.39, 0.29) is 0 Å². The summed E-state index contributed by atoms with van der Waals surface area (Å²) in [5, 5.41) is 0. The van der Waals surface area contributed by atoms with Crippen molar-refractivity contribution in [2.75, 3.05) is 26.3 Å². The Labute approximate surface area is 111 Å². The Hall–Kier alpha value is -1.45. The molecule has 3 heteroatoms. The molecule has 1 fully saturated rings. The second kappa shape index (κ2) is 5.46. The fourth-order valence-corrected chi connectivity index (χ4v) is 3.19. The van der Waals surface area contributed by atoms with Crippen LogP contribution in [0.2, 0.25) is 0 Å². The van der Waals surface area contributed by atoms with Crippen LogP contribution in [0.5, 0.6) is 0 Å². The molecule has 2 heterocycles. The number of ether oxygens (including phenoxy) is 1. The zero-order valence-electron chi connectivity index (χ0n) is 10.2. The Bertz CT molecular complexity index is 581. The molecule has 0 spiro atoms. The van der Waals surface area contributed by atoms with Gasteiger partial charge in [-0.1, -0.05) is 47.7 Å². The lowest BCUT2D eigenvalue weighted by atomic mass is 10.2. The maximum absolute atomic E-state index is 5.40. The molecular formula is C15H16NOS+. The predicted octanol–water partition coefficient (Wildman–Crippen LogP) is 2.22. The number of hydrogen-bond acceptors (Lipinski definition) is 2. The lowest BCUT2D eigenvalue weighted by Crippen LogP contribution is -2.38. The summed E-state index contributed by atoms with van der Waals surface area (Å²) in [6, 6.07) is 17.1. The van der Waals surface area contributed by atoms with Crippen molar-refractivity contribution in [1.82, 2.24) is 4.58 Å². The third-order valence-electron chi connectivity index (χ3n) is 3.08. The molecule has 0 atom stereocenters. The number of nitrogens with zero attached hydrogens (tertiary/aromatic N) is 1. The fraction of sp³-hybridized carbons (Fsp3) is 0.267. The van der Waals surface area contributed by atoms with Crippen LogP contribution in [0.1, 0.15) is 0 Å². The monoisotopic (exact) mass is 258 g/mol. The molecule has 1 aliphatic heterocycles. The Morgan fingerprint density at radius 2 is 1.67 bits per heavy atom. The first-order chi connectivity index (χ1) is 8.93. The van der Waals surface area contributed by atoms with Crippen molar-refractivity contribution in [2.45, 2.75) is 0 Å². The lowest BCUT2D eigenvalue weighted by Gasteiger charge is -2.10. The maximum Gasteiger partial charge on any atom is 0.256 e. The highest BCUT2D eigenvalue weighted by molar-refractivity contribution is 7.12. The Morgan fingerprint density at radius 3 is 2.44 bits per heavy atom. The van der Waals surface area contributed by atoms with E-state index in [2.05, 4.69) is 53.1 Å². The third kappa shape index (κ3) is 2.52. The molecule has 1 aromatic carbocycles. The summed E-state index contributed by atoms with van der Waals surface area (Å²) < 4.78 is 9.14. The Kier molecular flexibility index (Phi) is 3.53. The predicted molar refractivity (Wildman–Crippen MR) is 75.6 cm³/mol. The smallest absolute Gasteiger partial charge is 0.256 e. The van der Waals surface area contributed by atoms with E-state index in [4.69, 9.17) is 4.74 Å². The molecule has 1 saturated heterocycles. The van der Waals surface area contributed by atoms with Crippen LogP contribution in [0.15, 0.2) is 48.5 Å². The van der Waals surface area contributed by atoms with Gasteiger partial charge in [0.05, 0.1) is 0 Å².